The number of carbonyl (C=O) groups excluding carboxylic acids is 1. The molecule has 0 aliphatic carbocycles. The van der Waals surface area contributed by atoms with Crippen LogP contribution in [0.5, 0.6) is 5.75 Å². The maximum absolute atomic E-state index is 12.7. The first-order valence-electron chi connectivity index (χ1n) is 11.8. The summed E-state index contributed by atoms with van der Waals surface area (Å²) in [4.78, 5) is 37.2. The van der Waals surface area contributed by atoms with Crippen molar-refractivity contribution >= 4 is 22.7 Å². The van der Waals surface area contributed by atoms with Gasteiger partial charge >= 0.3 is 5.97 Å². The van der Waals surface area contributed by atoms with Crippen molar-refractivity contribution in [2.75, 3.05) is 19.8 Å². The van der Waals surface area contributed by atoms with E-state index in [1.807, 2.05) is 13.0 Å². The molecule has 1 fully saturated rings. The first-order chi connectivity index (χ1) is 16.9. The van der Waals surface area contributed by atoms with Crippen LogP contribution in [0.25, 0.3) is 10.9 Å². The molecular formula is C26H29N3O6. The Bertz CT molecular complexity index is 1250. The lowest BCUT2D eigenvalue weighted by Gasteiger charge is -2.22. The van der Waals surface area contributed by atoms with E-state index >= 15 is 0 Å². The van der Waals surface area contributed by atoms with Gasteiger partial charge in [-0.05, 0) is 74.1 Å². The van der Waals surface area contributed by atoms with Crippen LogP contribution in [0.15, 0.2) is 47.3 Å². The highest BCUT2D eigenvalue weighted by molar-refractivity contribution is 5.98. The summed E-state index contributed by atoms with van der Waals surface area (Å²) in [6.07, 6.45) is 1.86. The lowest BCUT2D eigenvalue weighted by atomic mass is 9.95. The van der Waals surface area contributed by atoms with Gasteiger partial charge in [-0.15, -0.1) is 5.10 Å². The minimum Gasteiger partial charge on any atom is -0.493 e. The molecule has 1 aliphatic rings. The van der Waals surface area contributed by atoms with Crippen LogP contribution in [0.2, 0.25) is 0 Å². The zero-order valence-electron chi connectivity index (χ0n) is 19.7. The second-order valence-corrected chi connectivity index (χ2v) is 8.98. The van der Waals surface area contributed by atoms with E-state index in [1.165, 1.54) is 0 Å². The number of Topliss-reactive ketones (excluding diaryl/α,β-unsaturated/α-hetero) is 1. The zero-order chi connectivity index (χ0) is 24.8. The van der Waals surface area contributed by atoms with E-state index < -0.39 is 11.9 Å². The molecule has 3 aromatic rings. The van der Waals surface area contributed by atoms with Crippen LogP contribution < -0.4 is 10.3 Å². The van der Waals surface area contributed by atoms with Crippen LogP contribution >= 0.6 is 0 Å². The van der Waals surface area contributed by atoms with Gasteiger partial charge in [-0.25, -0.2) is 4.68 Å². The van der Waals surface area contributed by atoms with Crippen LogP contribution in [-0.2, 0) is 16.1 Å². The number of carboxylic acids is 1. The maximum atomic E-state index is 12.7. The van der Waals surface area contributed by atoms with Gasteiger partial charge in [0.25, 0.3) is 5.56 Å². The summed E-state index contributed by atoms with van der Waals surface area (Å²) in [6, 6.07) is 12.0. The molecule has 1 atom stereocenters. The van der Waals surface area contributed by atoms with Gasteiger partial charge in [-0.2, -0.15) is 0 Å². The fourth-order valence-corrected chi connectivity index (χ4v) is 4.13. The Labute approximate surface area is 202 Å². The van der Waals surface area contributed by atoms with Crippen LogP contribution in [0, 0.1) is 18.8 Å². The summed E-state index contributed by atoms with van der Waals surface area (Å²) in [7, 11) is 0. The Kier molecular flexibility index (Phi) is 7.87. The van der Waals surface area contributed by atoms with Crippen molar-refractivity contribution in [1.82, 2.24) is 15.0 Å². The molecule has 35 heavy (non-hydrogen) atoms. The molecular weight excluding hydrogens is 450 g/mol. The first kappa shape index (κ1) is 24.5. The van der Waals surface area contributed by atoms with E-state index in [0.717, 1.165) is 36.3 Å². The van der Waals surface area contributed by atoms with E-state index in [0.29, 0.717) is 34.7 Å². The predicted molar refractivity (Wildman–Crippen MR) is 129 cm³/mol. The summed E-state index contributed by atoms with van der Waals surface area (Å²) in [6.45, 7) is 4.07. The third-order valence-electron chi connectivity index (χ3n) is 6.35. The lowest BCUT2D eigenvalue weighted by Crippen LogP contribution is -2.27. The highest BCUT2D eigenvalue weighted by atomic mass is 16.5. The molecule has 1 aliphatic heterocycles. The van der Waals surface area contributed by atoms with Gasteiger partial charge in [0.15, 0.2) is 5.78 Å². The SMILES string of the molecule is Cc1ccc2c(=O)n(CCC(CC(=O)c3ccc(OCC4CCOCC4)cc3)C(=O)O)nnc2c1. The van der Waals surface area contributed by atoms with Crippen molar-refractivity contribution in [2.24, 2.45) is 11.8 Å². The number of nitrogens with zero attached hydrogens (tertiary/aromatic N) is 3. The van der Waals surface area contributed by atoms with Crippen molar-refractivity contribution in [3.8, 4) is 5.75 Å². The molecule has 0 saturated carbocycles. The van der Waals surface area contributed by atoms with E-state index in [9.17, 15) is 19.5 Å². The molecule has 0 spiro atoms. The second kappa shape index (κ2) is 11.2. The van der Waals surface area contributed by atoms with Gasteiger partial charge < -0.3 is 14.6 Å². The maximum Gasteiger partial charge on any atom is 0.307 e. The number of aromatic nitrogens is 3. The van der Waals surface area contributed by atoms with E-state index in [-0.39, 0.29) is 30.7 Å². The number of aryl methyl sites for hydroxylation is 2. The molecule has 9 heteroatoms. The topological polar surface area (TPSA) is 121 Å². The summed E-state index contributed by atoms with van der Waals surface area (Å²) in [5, 5.41) is 18.1. The third kappa shape index (κ3) is 6.30. The van der Waals surface area contributed by atoms with Crippen LogP contribution in [0.4, 0.5) is 0 Å². The standard InChI is InChI=1S/C26H29N3O6/c1-17-2-7-22-23(14-17)27-28-29(25(22)31)11-8-20(26(32)33)15-24(30)19-3-5-21(6-4-19)35-16-18-9-12-34-13-10-18/h2-7,14,18,20H,8-13,15-16H2,1H3,(H,32,33). The van der Waals surface area contributed by atoms with E-state index in [4.69, 9.17) is 9.47 Å². The molecule has 184 valence electrons. The summed E-state index contributed by atoms with van der Waals surface area (Å²) < 4.78 is 12.3. The lowest BCUT2D eigenvalue weighted by molar-refractivity contribution is -0.142. The monoisotopic (exact) mass is 479 g/mol. The normalized spacial score (nSPS) is 15.1. The van der Waals surface area contributed by atoms with E-state index in [1.54, 1.807) is 36.4 Å². The highest BCUT2D eigenvalue weighted by Gasteiger charge is 2.23. The van der Waals surface area contributed by atoms with Gasteiger partial charge in [-0.3, -0.25) is 14.4 Å². The summed E-state index contributed by atoms with van der Waals surface area (Å²) in [5.74, 6) is -1.18. The quantitative estimate of drug-likeness (QED) is 0.440. The van der Waals surface area contributed by atoms with Crippen molar-refractivity contribution in [3.05, 3.63) is 63.9 Å². The Morgan fingerprint density at radius 2 is 1.91 bits per heavy atom. The average molecular weight is 480 g/mol. The molecule has 2 aromatic carbocycles. The largest absolute Gasteiger partial charge is 0.493 e. The third-order valence-corrected chi connectivity index (χ3v) is 6.35. The number of rotatable bonds is 10. The molecule has 0 amide bonds. The number of ether oxygens (including phenoxy) is 2. The molecule has 1 N–H and O–H groups in total. The average Bonchev–Trinajstić information content (AvgIpc) is 2.87. The zero-order valence-corrected chi connectivity index (χ0v) is 19.7. The minimum atomic E-state index is -1.09. The number of carboxylic acid groups (broad SMARTS) is 1. The Hall–Kier alpha value is -3.59. The van der Waals surface area contributed by atoms with Crippen molar-refractivity contribution < 1.29 is 24.2 Å². The number of hydrogen-bond donors (Lipinski definition) is 1. The summed E-state index contributed by atoms with van der Waals surface area (Å²) >= 11 is 0. The van der Waals surface area contributed by atoms with Crippen molar-refractivity contribution in [3.63, 3.8) is 0 Å². The van der Waals surface area contributed by atoms with Crippen LogP contribution in [-0.4, -0.2) is 51.7 Å². The number of fused-ring (bicyclic) bond motifs is 1. The van der Waals surface area contributed by atoms with Gasteiger partial charge in [0.2, 0.25) is 0 Å². The molecule has 0 radical (unpaired) electrons. The molecule has 2 heterocycles. The Morgan fingerprint density at radius 1 is 1.17 bits per heavy atom. The molecule has 9 nitrogen and oxygen atoms in total. The minimum absolute atomic E-state index is 0.0544. The Balaban J connectivity index is 1.35. The van der Waals surface area contributed by atoms with Crippen LogP contribution in [0.1, 0.15) is 41.6 Å². The smallest absolute Gasteiger partial charge is 0.307 e. The molecule has 1 aromatic heterocycles. The van der Waals surface area contributed by atoms with Crippen LogP contribution in [0.3, 0.4) is 0 Å². The highest BCUT2D eigenvalue weighted by Crippen LogP contribution is 2.20. The second-order valence-electron chi connectivity index (χ2n) is 8.98. The molecule has 1 unspecified atom stereocenters. The summed E-state index contributed by atoms with van der Waals surface area (Å²) in [5.41, 5.74) is 1.55. The fourth-order valence-electron chi connectivity index (χ4n) is 4.13. The van der Waals surface area contributed by atoms with Gasteiger partial charge in [-0.1, -0.05) is 11.3 Å². The number of benzene rings is 2. The van der Waals surface area contributed by atoms with Gasteiger partial charge in [0.05, 0.1) is 17.9 Å². The van der Waals surface area contributed by atoms with Crippen molar-refractivity contribution in [2.45, 2.75) is 39.2 Å². The predicted octanol–water partition coefficient (Wildman–Crippen LogP) is 3.27. The van der Waals surface area contributed by atoms with E-state index in [2.05, 4.69) is 10.3 Å². The fraction of sp³-hybridized carbons (Fsp3) is 0.423. The van der Waals surface area contributed by atoms with Gasteiger partial charge in [0.1, 0.15) is 11.3 Å². The first-order valence-corrected chi connectivity index (χ1v) is 11.8. The molecule has 0 bridgehead atoms. The van der Waals surface area contributed by atoms with Crippen molar-refractivity contribution in [1.29, 1.82) is 0 Å². The molecule has 4 rings (SSSR count). The van der Waals surface area contributed by atoms with Gasteiger partial charge in [0, 0.05) is 31.7 Å². The number of hydrogen-bond acceptors (Lipinski definition) is 7. The number of aliphatic carboxylic acids is 1. The Morgan fingerprint density at radius 3 is 2.63 bits per heavy atom. The molecule has 1 saturated heterocycles. The number of carbonyl (C=O) groups is 2. The number of ketones is 1.